The predicted molar refractivity (Wildman–Crippen MR) is 108 cm³/mol. The molecule has 0 fully saturated rings. The van der Waals surface area contributed by atoms with E-state index in [-0.39, 0.29) is 23.3 Å². The molecule has 1 amide bonds. The van der Waals surface area contributed by atoms with Crippen LogP contribution in [0.5, 0.6) is 0 Å². The predicted octanol–water partition coefficient (Wildman–Crippen LogP) is 4.64. The lowest BCUT2D eigenvalue weighted by Crippen LogP contribution is -2.29. The van der Waals surface area contributed by atoms with Crippen molar-refractivity contribution in [1.29, 1.82) is 0 Å². The first-order chi connectivity index (χ1) is 12.7. The van der Waals surface area contributed by atoms with Gasteiger partial charge in [0.25, 0.3) is 5.91 Å². The standard InChI is InChI=1S/C22H28N4O/c1-14(2)20-17(21(27)24-15(3)16-10-8-7-9-11-16)13-23-19-12-18(22(4,5)6)25-26(19)20/h7-15H,1-6H3,(H,24,27)/t15-/m0/s1. The van der Waals surface area contributed by atoms with E-state index in [9.17, 15) is 4.79 Å². The second-order valence-corrected chi connectivity index (χ2v) is 8.37. The number of hydrogen-bond donors (Lipinski definition) is 1. The molecule has 0 bridgehead atoms. The van der Waals surface area contributed by atoms with Gasteiger partial charge >= 0.3 is 0 Å². The summed E-state index contributed by atoms with van der Waals surface area (Å²) < 4.78 is 1.83. The number of nitrogens with one attached hydrogen (secondary N) is 1. The molecule has 2 aromatic heterocycles. The van der Waals surface area contributed by atoms with E-state index in [1.54, 1.807) is 6.20 Å². The number of amides is 1. The summed E-state index contributed by atoms with van der Waals surface area (Å²) in [4.78, 5) is 17.5. The van der Waals surface area contributed by atoms with Crippen LogP contribution in [-0.2, 0) is 5.41 Å². The lowest BCUT2D eigenvalue weighted by atomic mass is 9.93. The smallest absolute Gasteiger partial charge is 0.255 e. The Hall–Kier alpha value is -2.69. The molecule has 0 aliphatic heterocycles. The minimum atomic E-state index is -0.128. The topological polar surface area (TPSA) is 59.3 Å². The highest BCUT2D eigenvalue weighted by molar-refractivity contribution is 5.95. The van der Waals surface area contributed by atoms with Gasteiger partial charge in [0, 0.05) is 17.7 Å². The number of carbonyl (C=O) groups excluding carboxylic acids is 1. The van der Waals surface area contributed by atoms with E-state index < -0.39 is 0 Å². The summed E-state index contributed by atoms with van der Waals surface area (Å²) in [5.74, 6) is 0.00765. The Morgan fingerprint density at radius 1 is 1.11 bits per heavy atom. The zero-order valence-electron chi connectivity index (χ0n) is 16.9. The van der Waals surface area contributed by atoms with Crippen LogP contribution in [0.25, 0.3) is 5.65 Å². The van der Waals surface area contributed by atoms with Gasteiger partial charge in [-0.15, -0.1) is 0 Å². The third-order valence-electron chi connectivity index (χ3n) is 4.73. The molecule has 3 aromatic rings. The Balaban J connectivity index is 2.00. The summed E-state index contributed by atoms with van der Waals surface area (Å²) in [5, 5.41) is 7.85. The van der Waals surface area contributed by atoms with Gasteiger partial charge in [-0.25, -0.2) is 9.50 Å². The normalized spacial score (nSPS) is 13.1. The van der Waals surface area contributed by atoms with Crippen molar-refractivity contribution in [2.45, 2.75) is 58.9 Å². The third-order valence-corrected chi connectivity index (χ3v) is 4.73. The van der Waals surface area contributed by atoms with Crippen molar-refractivity contribution in [3.63, 3.8) is 0 Å². The van der Waals surface area contributed by atoms with E-state index in [0.717, 1.165) is 22.6 Å². The van der Waals surface area contributed by atoms with E-state index in [2.05, 4.69) is 44.9 Å². The Bertz CT molecular complexity index is 952. The van der Waals surface area contributed by atoms with E-state index in [1.807, 2.05) is 47.8 Å². The maximum Gasteiger partial charge on any atom is 0.255 e. The summed E-state index contributed by atoms with van der Waals surface area (Å²) in [6.07, 6.45) is 1.67. The average molecular weight is 364 g/mol. The van der Waals surface area contributed by atoms with Crippen LogP contribution in [0.2, 0.25) is 0 Å². The van der Waals surface area contributed by atoms with Crippen molar-refractivity contribution in [3.05, 3.63) is 65.1 Å². The first-order valence-electron chi connectivity index (χ1n) is 9.43. The first kappa shape index (κ1) is 19.1. The molecule has 142 valence electrons. The van der Waals surface area contributed by atoms with Crippen LogP contribution in [-0.4, -0.2) is 20.5 Å². The molecular formula is C22H28N4O. The summed E-state index contributed by atoms with van der Waals surface area (Å²) in [6.45, 7) is 12.5. The zero-order chi connectivity index (χ0) is 19.8. The van der Waals surface area contributed by atoms with Gasteiger partial charge in [0.15, 0.2) is 5.65 Å². The third kappa shape index (κ3) is 3.87. The fourth-order valence-electron chi connectivity index (χ4n) is 3.15. The van der Waals surface area contributed by atoms with Gasteiger partial charge in [-0.3, -0.25) is 4.79 Å². The van der Waals surface area contributed by atoms with Crippen LogP contribution in [0.4, 0.5) is 0 Å². The number of hydrogen-bond acceptors (Lipinski definition) is 3. The molecule has 1 N–H and O–H groups in total. The Morgan fingerprint density at radius 2 is 1.78 bits per heavy atom. The van der Waals surface area contributed by atoms with Gasteiger partial charge in [0.2, 0.25) is 0 Å². The molecule has 0 spiro atoms. The van der Waals surface area contributed by atoms with Crippen LogP contribution in [0, 0.1) is 0 Å². The van der Waals surface area contributed by atoms with Gasteiger partial charge in [0.1, 0.15) is 0 Å². The highest BCUT2D eigenvalue weighted by Gasteiger charge is 2.24. The van der Waals surface area contributed by atoms with Crippen molar-refractivity contribution in [2.75, 3.05) is 0 Å². The Morgan fingerprint density at radius 3 is 2.37 bits per heavy atom. The maximum absolute atomic E-state index is 13.0. The molecule has 0 radical (unpaired) electrons. The largest absolute Gasteiger partial charge is 0.345 e. The molecule has 0 saturated carbocycles. The highest BCUT2D eigenvalue weighted by Crippen LogP contribution is 2.26. The van der Waals surface area contributed by atoms with Crippen LogP contribution in [0.3, 0.4) is 0 Å². The van der Waals surface area contributed by atoms with E-state index in [0.29, 0.717) is 5.56 Å². The minimum Gasteiger partial charge on any atom is -0.345 e. The van der Waals surface area contributed by atoms with Crippen molar-refractivity contribution >= 4 is 11.6 Å². The van der Waals surface area contributed by atoms with E-state index in [1.165, 1.54) is 0 Å². The molecule has 0 saturated heterocycles. The molecule has 1 aromatic carbocycles. The maximum atomic E-state index is 13.0. The number of aromatic nitrogens is 3. The summed E-state index contributed by atoms with van der Waals surface area (Å²) in [7, 11) is 0. The SMILES string of the molecule is CC(C)c1c(C(=O)N[C@@H](C)c2ccccc2)cnc2cc(C(C)(C)C)nn12. The minimum absolute atomic E-state index is 0.0772. The summed E-state index contributed by atoms with van der Waals surface area (Å²) in [6, 6.07) is 11.9. The molecular weight excluding hydrogens is 336 g/mol. The van der Waals surface area contributed by atoms with E-state index >= 15 is 0 Å². The van der Waals surface area contributed by atoms with Gasteiger partial charge in [-0.1, -0.05) is 65.0 Å². The second kappa shape index (κ2) is 7.14. The zero-order valence-corrected chi connectivity index (χ0v) is 16.9. The fourth-order valence-corrected chi connectivity index (χ4v) is 3.15. The summed E-state index contributed by atoms with van der Waals surface area (Å²) in [5.41, 5.74) is 4.19. The number of carbonyl (C=O) groups is 1. The quantitative estimate of drug-likeness (QED) is 0.733. The van der Waals surface area contributed by atoms with Crippen LogP contribution in [0.15, 0.2) is 42.6 Å². The highest BCUT2D eigenvalue weighted by atomic mass is 16.1. The first-order valence-corrected chi connectivity index (χ1v) is 9.43. The molecule has 5 nitrogen and oxygen atoms in total. The monoisotopic (exact) mass is 364 g/mol. The number of nitrogens with zero attached hydrogens (tertiary/aromatic N) is 3. The summed E-state index contributed by atoms with van der Waals surface area (Å²) >= 11 is 0. The van der Waals surface area contributed by atoms with Gasteiger partial charge in [-0.05, 0) is 18.4 Å². The lowest BCUT2D eigenvalue weighted by Gasteiger charge is -2.18. The number of rotatable bonds is 4. The molecule has 5 heteroatoms. The van der Waals surface area contributed by atoms with Crippen molar-refractivity contribution in [3.8, 4) is 0 Å². The van der Waals surface area contributed by atoms with Crippen LogP contribution < -0.4 is 5.32 Å². The van der Waals surface area contributed by atoms with Crippen molar-refractivity contribution in [2.24, 2.45) is 0 Å². The molecule has 27 heavy (non-hydrogen) atoms. The van der Waals surface area contributed by atoms with Crippen molar-refractivity contribution in [1.82, 2.24) is 19.9 Å². The molecule has 2 heterocycles. The molecule has 0 aliphatic carbocycles. The van der Waals surface area contributed by atoms with Crippen LogP contribution >= 0.6 is 0 Å². The number of benzene rings is 1. The van der Waals surface area contributed by atoms with Gasteiger partial charge in [-0.2, -0.15) is 5.10 Å². The molecule has 0 aliphatic rings. The molecule has 3 rings (SSSR count). The Labute approximate surface area is 160 Å². The Kier molecular flexibility index (Phi) is 5.05. The van der Waals surface area contributed by atoms with E-state index in [4.69, 9.17) is 5.10 Å². The second-order valence-electron chi connectivity index (χ2n) is 8.37. The van der Waals surface area contributed by atoms with Gasteiger partial charge < -0.3 is 5.32 Å². The lowest BCUT2D eigenvalue weighted by molar-refractivity contribution is 0.0937. The fraction of sp³-hybridized carbons (Fsp3) is 0.409. The average Bonchev–Trinajstić information content (AvgIpc) is 3.05. The molecule has 0 unspecified atom stereocenters. The van der Waals surface area contributed by atoms with Gasteiger partial charge in [0.05, 0.1) is 23.0 Å². The van der Waals surface area contributed by atoms with Crippen molar-refractivity contribution < 1.29 is 4.79 Å². The number of fused-ring (bicyclic) bond motifs is 1. The van der Waals surface area contributed by atoms with Crippen LogP contribution in [0.1, 0.15) is 80.8 Å². The molecule has 1 atom stereocenters.